The van der Waals surface area contributed by atoms with Crippen molar-refractivity contribution in [3.63, 3.8) is 0 Å². The molecular weight excluding hydrogens is 439 g/mol. The zero-order valence-electron chi connectivity index (χ0n) is 18.9. The van der Waals surface area contributed by atoms with Crippen LogP contribution >= 0.6 is 12.2 Å². The van der Waals surface area contributed by atoms with Gasteiger partial charge in [-0.25, -0.2) is 4.39 Å². The van der Waals surface area contributed by atoms with Gasteiger partial charge in [-0.3, -0.25) is 0 Å². The Bertz CT molecular complexity index is 1140. The van der Waals surface area contributed by atoms with Crippen LogP contribution in [0.25, 0.3) is 0 Å². The predicted molar refractivity (Wildman–Crippen MR) is 132 cm³/mol. The van der Waals surface area contributed by atoms with Crippen LogP contribution in [0, 0.1) is 12.7 Å². The number of hydrogen-bond donors (Lipinski definition) is 1. The normalized spacial score (nSPS) is 14.9. The smallest absolute Gasteiger partial charge is 0.174 e. The van der Waals surface area contributed by atoms with Gasteiger partial charge in [0.05, 0.1) is 20.3 Å². The summed E-state index contributed by atoms with van der Waals surface area (Å²) in [4.78, 5) is 2.13. The molecule has 1 heterocycles. The number of nitrogens with zero attached hydrogens (tertiary/aromatic N) is 1. The number of methoxy groups -OCH3 is 2. The lowest BCUT2D eigenvalue weighted by Gasteiger charge is -2.39. The van der Waals surface area contributed by atoms with Crippen LogP contribution in [0.1, 0.15) is 22.7 Å². The first kappa shape index (κ1) is 22.9. The SMILES string of the molecule is COc1cc2c(cc1OC)[C@@H](COc1ccc(F)cc1)N(C(=S)Nc1cccc(C)c1)CC2. The lowest BCUT2D eigenvalue weighted by Crippen LogP contribution is -2.44. The van der Waals surface area contributed by atoms with Crippen LogP contribution in [-0.4, -0.2) is 37.4 Å². The van der Waals surface area contributed by atoms with E-state index in [4.69, 9.17) is 26.4 Å². The van der Waals surface area contributed by atoms with Crippen LogP contribution in [0.15, 0.2) is 60.7 Å². The fourth-order valence-electron chi connectivity index (χ4n) is 4.08. The average Bonchev–Trinajstić information content (AvgIpc) is 2.82. The molecule has 7 heteroatoms. The van der Waals surface area contributed by atoms with Gasteiger partial charge in [0.15, 0.2) is 16.6 Å². The minimum Gasteiger partial charge on any atom is -0.493 e. The molecular formula is C26H27FN2O3S. The summed E-state index contributed by atoms with van der Waals surface area (Å²) >= 11 is 5.82. The summed E-state index contributed by atoms with van der Waals surface area (Å²) in [6.45, 7) is 3.10. The molecule has 0 saturated heterocycles. The van der Waals surface area contributed by atoms with Gasteiger partial charge in [0, 0.05) is 12.2 Å². The third-order valence-corrected chi connectivity index (χ3v) is 6.09. The van der Waals surface area contributed by atoms with Crippen molar-refractivity contribution in [1.29, 1.82) is 0 Å². The average molecular weight is 467 g/mol. The van der Waals surface area contributed by atoms with E-state index in [0.29, 0.717) is 29.0 Å². The van der Waals surface area contributed by atoms with Crippen molar-refractivity contribution in [3.05, 3.63) is 83.2 Å². The highest BCUT2D eigenvalue weighted by Crippen LogP contribution is 2.38. The standard InChI is InChI=1S/C26H27FN2O3S/c1-17-5-4-6-20(13-17)28-26(33)29-12-11-18-14-24(30-2)25(31-3)15-22(18)23(29)16-32-21-9-7-19(27)8-10-21/h4-10,13-15,23H,11-12,16H2,1-3H3,(H,28,33)/t23-/m1/s1. The molecule has 0 amide bonds. The summed E-state index contributed by atoms with van der Waals surface area (Å²) < 4.78 is 30.4. The molecule has 1 aliphatic heterocycles. The first-order valence-corrected chi connectivity index (χ1v) is 11.2. The minimum absolute atomic E-state index is 0.164. The highest BCUT2D eigenvalue weighted by molar-refractivity contribution is 7.80. The van der Waals surface area contributed by atoms with Gasteiger partial charge in [-0.05, 0) is 90.8 Å². The van der Waals surface area contributed by atoms with Gasteiger partial charge in [-0.2, -0.15) is 0 Å². The summed E-state index contributed by atoms with van der Waals surface area (Å²) in [5.41, 5.74) is 4.32. The van der Waals surface area contributed by atoms with Gasteiger partial charge < -0.3 is 24.4 Å². The third kappa shape index (κ3) is 5.20. The van der Waals surface area contributed by atoms with Crippen molar-refractivity contribution < 1.29 is 18.6 Å². The molecule has 1 atom stereocenters. The molecule has 0 aromatic heterocycles. The molecule has 33 heavy (non-hydrogen) atoms. The molecule has 0 fully saturated rings. The van der Waals surface area contributed by atoms with Crippen LogP contribution in [0.2, 0.25) is 0 Å². The van der Waals surface area contributed by atoms with E-state index in [1.54, 1.807) is 26.4 Å². The van der Waals surface area contributed by atoms with Crippen molar-refractivity contribution in [1.82, 2.24) is 4.90 Å². The van der Waals surface area contributed by atoms with Crippen LogP contribution < -0.4 is 19.5 Å². The Balaban J connectivity index is 1.64. The molecule has 0 spiro atoms. The summed E-state index contributed by atoms with van der Waals surface area (Å²) in [5.74, 6) is 1.65. The fourth-order valence-corrected chi connectivity index (χ4v) is 4.41. The number of ether oxygens (including phenoxy) is 3. The molecule has 0 saturated carbocycles. The summed E-state index contributed by atoms with van der Waals surface area (Å²) in [6, 6.07) is 18.0. The molecule has 0 bridgehead atoms. The maximum atomic E-state index is 13.3. The number of benzene rings is 3. The Hall–Kier alpha value is -3.32. The van der Waals surface area contributed by atoms with E-state index in [1.807, 2.05) is 37.3 Å². The first-order valence-electron chi connectivity index (χ1n) is 10.8. The minimum atomic E-state index is -0.299. The largest absolute Gasteiger partial charge is 0.493 e. The van der Waals surface area contributed by atoms with Crippen LogP contribution in [0.3, 0.4) is 0 Å². The van der Waals surface area contributed by atoms with E-state index in [0.717, 1.165) is 35.3 Å². The van der Waals surface area contributed by atoms with Gasteiger partial charge in [0.2, 0.25) is 0 Å². The Morgan fingerprint density at radius 1 is 1.06 bits per heavy atom. The quantitative estimate of drug-likeness (QED) is 0.482. The maximum absolute atomic E-state index is 13.3. The summed E-state index contributed by atoms with van der Waals surface area (Å²) in [5, 5.41) is 3.99. The van der Waals surface area contributed by atoms with Gasteiger partial charge in [-0.1, -0.05) is 12.1 Å². The van der Waals surface area contributed by atoms with E-state index >= 15 is 0 Å². The number of hydrogen-bond acceptors (Lipinski definition) is 4. The molecule has 3 aromatic rings. The van der Waals surface area contributed by atoms with Crippen molar-refractivity contribution in [3.8, 4) is 17.2 Å². The Labute approximate surface area is 199 Å². The van der Waals surface area contributed by atoms with E-state index < -0.39 is 0 Å². The molecule has 1 N–H and O–H groups in total. The number of rotatable bonds is 6. The molecule has 1 aliphatic rings. The van der Waals surface area contributed by atoms with Gasteiger partial charge in [0.25, 0.3) is 0 Å². The van der Waals surface area contributed by atoms with Gasteiger partial charge >= 0.3 is 0 Å². The second-order valence-corrected chi connectivity index (χ2v) is 8.32. The van der Waals surface area contributed by atoms with E-state index in [2.05, 4.69) is 16.3 Å². The van der Waals surface area contributed by atoms with Crippen LogP contribution in [0.4, 0.5) is 10.1 Å². The number of anilines is 1. The topological polar surface area (TPSA) is 43.0 Å². The van der Waals surface area contributed by atoms with E-state index in [-0.39, 0.29) is 11.9 Å². The third-order valence-electron chi connectivity index (χ3n) is 5.75. The molecule has 0 unspecified atom stereocenters. The highest BCUT2D eigenvalue weighted by Gasteiger charge is 2.31. The second kappa shape index (κ2) is 10.1. The van der Waals surface area contributed by atoms with Crippen LogP contribution in [0.5, 0.6) is 17.2 Å². The first-order chi connectivity index (χ1) is 16.0. The Morgan fingerprint density at radius 2 is 1.79 bits per heavy atom. The lowest BCUT2D eigenvalue weighted by molar-refractivity contribution is 0.190. The van der Waals surface area contributed by atoms with E-state index in [1.165, 1.54) is 12.1 Å². The summed E-state index contributed by atoms with van der Waals surface area (Å²) in [6.07, 6.45) is 0.804. The molecule has 3 aromatic carbocycles. The number of halogens is 1. The number of fused-ring (bicyclic) bond motifs is 1. The van der Waals surface area contributed by atoms with Crippen molar-refractivity contribution >= 4 is 23.0 Å². The molecule has 172 valence electrons. The summed E-state index contributed by atoms with van der Waals surface area (Å²) in [7, 11) is 3.26. The second-order valence-electron chi connectivity index (χ2n) is 7.93. The maximum Gasteiger partial charge on any atom is 0.174 e. The van der Waals surface area contributed by atoms with Crippen LogP contribution in [-0.2, 0) is 6.42 Å². The predicted octanol–water partition coefficient (Wildman–Crippen LogP) is 5.53. The van der Waals surface area contributed by atoms with Crippen molar-refractivity contribution in [2.45, 2.75) is 19.4 Å². The zero-order chi connectivity index (χ0) is 23.4. The molecule has 4 rings (SSSR count). The highest BCUT2D eigenvalue weighted by atomic mass is 32.1. The van der Waals surface area contributed by atoms with Gasteiger partial charge in [0.1, 0.15) is 18.2 Å². The Kier molecular flexibility index (Phi) is 6.99. The van der Waals surface area contributed by atoms with Crippen molar-refractivity contribution in [2.24, 2.45) is 0 Å². The van der Waals surface area contributed by atoms with Crippen molar-refractivity contribution in [2.75, 3.05) is 32.7 Å². The molecule has 0 aliphatic carbocycles. The van der Waals surface area contributed by atoms with E-state index in [9.17, 15) is 4.39 Å². The number of nitrogens with one attached hydrogen (secondary N) is 1. The fraction of sp³-hybridized carbons (Fsp3) is 0.269. The molecule has 0 radical (unpaired) electrons. The number of aryl methyl sites for hydroxylation is 1. The Morgan fingerprint density at radius 3 is 2.48 bits per heavy atom. The number of thiocarbonyl (C=S) groups is 1. The zero-order valence-corrected chi connectivity index (χ0v) is 19.7. The van der Waals surface area contributed by atoms with Gasteiger partial charge in [-0.15, -0.1) is 0 Å². The molecule has 5 nitrogen and oxygen atoms in total. The lowest BCUT2D eigenvalue weighted by atomic mass is 9.92. The monoisotopic (exact) mass is 466 g/mol.